The Kier molecular flexibility index (Phi) is 2.89. The monoisotopic (exact) mass is 292 g/mol. The highest BCUT2D eigenvalue weighted by Crippen LogP contribution is 2.43. The molecule has 0 atom stereocenters. The predicted octanol–water partition coefficient (Wildman–Crippen LogP) is 1.71. The van der Waals surface area contributed by atoms with Gasteiger partial charge in [0, 0.05) is 18.0 Å². The number of nitrogen functional groups attached to an aromatic ring is 1. The molecule has 20 heavy (non-hydrogen) atoms. The number of hydrogen-bond acceptors (Lipinski definition) is 7. The van der Waals surface area contributed by atoms with Gasteiger partial charge in [-0.05, 0) is 30.0 Å². The number of hydrogen-bond donors (Lipinski definition) is 1. The van der Waals surface area contributed by atoms with E-state index in [-0.39, 0.29) is 0 Å². The maximum absolute atomic E-state index is 6.13. The van der Waals surface area contributed by atoms with E-state index in [2.05, 4.69) is 15.0 Å². The molecule has 2 aromatic rings. The van der Waals surface area contributed by atoms with Crippen LogP contribution in [-0.2, 0) is 17.6 Å². The highest BCUT2D eigenvalue weighted by Gasteiger charge is 2.26. The van der Waals surface area contributed by atoms with Crippen molar-refractivity contribution in [3.8, 4) is 11.5 Å². The molecule has 2 aromatic heterocycles. The van der Waals surface area contributed by atoms with Crippen molar-refractivity contribution in [2.24, 2.45) is 0 Å². The maximum Gasteiger partial charge on any atom is 0.266 e. The maximum atomic E-state index is 6.13. The molecular formula is C13H16N4O2S. The quantitative estimate of drug-likeness (QED) is 0.908. The van der Waals surface area contributed by atoms with E-state index in [4.69, 9.17) is 15.0 Å². The third kappa shape index (κ3) is 1.89. The summed E-state index contributed by atoms with van der Waals surface area (Å²) in [7, 11) is 0. The smallest absolute Gasteiger partial charge is 0.266 e. The molecule has 2 aliphatic rings. The molecule has 0 aromatic carbocycles. The molecule has 3 heterocycles. The van der Waals surface area contributed by atoms with Crippen molar-refractivity contribution in [2.75, 3.05) is 36.9 Å². The Morgan fingerprint density at radius 2 is 2.05 bits per heavy atom. The fourth-order valence-electron chi connectivity index (χ4n) is 2.87. The molecule has 0 saturated carbocycles. The molecule has 0 unspecified atom stereocenters. The fraction of sp³-hybridized carbons (Fsp3) is 0.538. The minimum absolute atomic E-state index is 0.559. The van der Waals surface area contributed by atoms with E-state index < -0.39 is 0 Å². The van der Waals surface area contributed by atoms with Gasteiger partial charge in [-0.25, -0.2) is 0 Å². The number of aromatic nitrogens is 2. The Balaban J connectivity index is 1.68. The Hall–Kier alpha value is -1.60. The number of anilines is 2. The minimum atomic E-state index is 0.559. The zero-order chi connectivity index (χ0) is 13.5. The van der Waals surface area contributed by atoms with Gasteiger partial charge in [0.15, 0.2) is 0 Å². The second kappa shape index (κ2) is 4.75. The Labute approximate surface area is 120 Å². The van der Waals surface area contributed by atoms with Crippen LogP contribution in [0.4, 0.5) is 10.9 Å². The van der Waals surface area contributed by atoms with Gasteiger partial charge in [-0.2, -0.15) is 4.98 Å². The summed E-state index contributed by atoms with van der Waals surface area (Å²) in [6, 6.07) is 0. The van der Waals surface area contributed by atoms with Crippen molar-refractivity contribution in [1.82, 2.24) is 10.1 Å². The molecule has 1 aliphatic carbocycles. The fourth-order valence-corrected chi connectivity index (χ4v) is 4.02. The molecule has 1 saturated heterocycles. The summed E-state index contributed by atoms with van der Waals surface area (Å²) in [6.45, 7) is 3.02. The van der Waals surface area contributed by atoms with Gasteiger partial charge in [0.2, 0.25) is 0 Å². The van der Waals surface area contributed by atoms with Crippen LogP contribution in [0.2, 0.25) is 0 Å². The summed E-state index contributed by atoms with van der Waals surface area (Å²) in [4.78, 5) is 7.99. The first-order valence-electron chi connectivity index (χ1n) is 6.89. The first-order chi connectivity index (χ1) is 9.83. The first kappa shape index (κ1) is 12.2. The predicted molar refractivity (Wildman–Crippen MR) is 77.1 cm³/mol. The molecule has 1 aliphatic heterocycles. The van der Waals surface area contributed by atoms with Gasteiger partial charge in [0.1, 0.15) is 0 Å². The molecular weight excluding hydrogens is 276 g/mol. The van der Waals surface area contributed by atoms with Crippen molar-refractivity contribution in [1.29, 1.82) is 0 Å². The third-order valence-electron chi connectivity index (χ3n) is 3.87. The van der Waals surface area contributed by atoms with Crippen LogP contribution in [0.25, 0.3) is 11.5 Å². The second-order valence-electron chi connectivity index (χ2n) is 5.10. The molecule has 1 fully saturated rings. The van der Waals surface area contributed by atoms with Crippen molar-refractivity contribution in [3.63, 3.8) is 0 Å². The third-order valence-corrected chi connectivity index (χ3v) is 4.99. The van der Waals surface area contributed by atoms with E-state index in [1.165, 1.54) is 16.9 Å². The number of thiophene rings is 1. The molecule has 0 radical (unpaired) electrons. The van der Waals surface area contributed by atoms with E-state index in [9.17, 15) is 0 Å². The Bertz CT molecular complexity index is 630. The van der Waals surface area contributed by atoms with Crippen molar-refractivity contribution in [3.05, 3.63) is 10.4 Å². The van der Waals surface area contributed by atoms with E-state index in [1.54, 1.807) is 11.3 Å². The van der Waals surface area contributed by atoms with Crippen LogP contribution in [-0.4, -0.2) is 36.4 Å². The summed E-state index contributed by atoms with van der Waals surface area (Å²) in [5, 5.41) is 4.89. The highest BCUT2D eigenvalue weighted by molar-refractivity contribution is 7.16. The van der Waals surface area contributed by atoms with Crippen LogP contribution < -0.4 is 10.6 Å². The molecule has 0 bridgehead atoms. The Morgan fingerprint density at radius 3 is 2.90 bits per heavy atom. The van der Waals surface area contributed by atoms with Gasteiger partial charge >= 0.3 is 0 Å². The van der Waals surface area contributed by atoms with Gasteiger partial charge in [-0.15, -0.1) is 11.3 Å². The lowest BCUT2D eigenvalue weighted by atomic mass is 10.1. The average Bonchev–Trinajstić information content (AvgIpc) is 3.15. The molecule has 106 valence electrons. The standard InChI is InChI=1S/C13H16N4O2S/c14-11-10(8-2-1-3-9(8)20-11)12-15-13(16-19-12)17-4-6-18-7-5-17/h1-7,14H2. The van der Waals surface area contributed by atoms with E-state index >= 15 is 0 Å². The number of fused-ring (bicyclic) bond motifs is 1. The van der Waals surface area contributed by atoms with Crippen molar-refractivity contribution in [2.45, 2.75) is 19.3 Å². The van der Waals surface area contributed by atoms with Crippen LogP contribution in [0, 0.1) is 0 Å². The molecule has 6 nitrogen and oxygen atoms in total. The number of nitrogens with two attached hydrogens (primary N) is 1. The normalized spacial score (nSPS) is 18.5. The van der Waals surface area contributed by atoms with Crippen LogP contribution >= 0.6 is 11.3 Å². The first-order valence-corrected chi connectivity index (χ1v) is 7.71. The van der Waals surface area contributed by atoms with Crippen LogP contribution in [0.1, 0.15) is 16.9 Å². The molecule has 2 N–H and O–H groups in total. The van der Waals surface area contributed by atoms with Crippen molar-refractivity contribution >= 4 is 22.3 Å². The van der Waals surface area contributed by atoms with Gasteiger partial charge in [0.05, 0.1) is 23.8 Å². The highest BCUT2D eigenvalue weighted by atomic mass is 32.1. The zero-order valence-electron chi connectivity index (χ0n) is 11.1. The number of morpholine rings is 1. The minimum Gasteiger partial charge on any atom is -0.390 e. The van der Waals surface area contributed by atoms with Gasteiger partial charge < -0.3 is 19.9 Å². The lowest BCUT2D eigenvalue weighted by Gasteiger charge is -2.24. The summed E-state index contributed by atoms with van der Waals surface area (Å²) >= 11 is 1.66. The van der Waals surface area contributed by atoms with Crippen LogP contribution in [0.15, 0.2) is 4.52 Å². The van der Waals surface area contributed by atoms with Crippen LogP contribution in [0.3, 0.4) is 0 Å². The summed E-state index contributed by atoms with van der Waals surface area (Å²) < 4.78 is 10.8. The Morgan fingerprint density at radius 1 is 1.20 bits per heavy atom. The lowest BCUT2D eigenvalue weighted by Crippen LogP contribution is -2.36. The van der Waals surface area contributed by atoms with Crippen LogP contribution in [0.5, 0.6) is 0 Å². The SMILES string of the molecule is Nc1sc2c(c1-c1nc(N3CCOCC3)no1)CCC2. The number of nitrogens with zero attached hydrogens (tertiary/aromatic N) is 3. The van der Waals surface area contributed by atoms with Gasteiger partial charge in [-0.3, -0.25) is 0 Å². The van der Waals surface area contributed by atoms with Gasteiger partial charge in [0.25, 0.3) is 11.8 Å². The van der Waals surface area contributed by atoms with E-state index in [0.29, 0.717) is 25.1 Å². The summed E-state index contributed by atoms with van der Waals surface area (Å²) in [5.41, 5.74) is 8.41. The number of ether oxygens (including phenoxy) is 1. The molecule has 0 amide bonds. The number of aryl methyl sites for hydroxylation is 1. The molecule has 7 heteroatoms. The second-order valence-corrected chi connectivity index (χ2v) is 6.23. The van der Waals surface area contributed by atoms with E-state index in [1.807, 2.05) is 0 Å². The van der Waals surface area contributed by atoms with Gasteiger partial charge in [-0.1, -0.05) is 0 Å². The zero-order valence-corrected chi connectivity index (χ0v) is 11.9. The molecule has 4 rings (SSSR count). The topological polar surface area (TPSA) is 77.4 Å². The van der Waals surface area contributed by atoms with E-state index in [0.717, 1.165) is 36.5 Å². The lowest BCUT2D eigenvalue weighted by molar-refractivity contribution is 0.121. The van der Waals surface area contributed by atoms with Crippen molar-refractivity contribution < 1.29 is 9.26 Å². The average molecular weight is 292 g/mol. The number of rotatable bonds is 2. The summed E-state index contributed by atoms with van der Waals surface area (Å²) in [5.74, 6) is 1.20. The summed E-state index contributed by atoms with van der Waals surface area (Å²) in [6.07, 6.45) is 3.38. The molecule has 0 spiro atoms. The largest absolute Gasteiger partial charge is 0.390 e.